The summed E-state index contributed by atoms with van der Waals surface area (Å²) in [5, 5.41) is 3.49. The number of ether oxygens (including phenoxy) is 1. The van der Waals surface area contributed by atoms with Gasteiger partial charge in [-0.2, -0.15) is 0 Å². The summed E-state index contributed by atoms with van der Waals surface area (Å²) in [6.07, 6.45) is 3.97. The number of hydrogen-bond acceptors (Lipinski definition) is 4. The summed E-state index contributed by atoms with van der Waals surface area (Å²) in [5.74, 6) is 2.05. The molecule has 1 saturated heterocycles. The van der Waals surface area contributed by atoms with Gasteiger partial charge in [0.2, 0.25) is 0 Å². The van der Waals surface area contributed by atoms with Gasteiger partial charge in [0.05, 0.1) is 6.61 Å². The van der Waals surface area contributed by atoms with Gasteiger partial charge in [-0.25, -0.2) is 4.98 Å². The van der Waals surface area contributed by atoms with Crippen molar-refractivity contribution in [2.75, 3.05) is 51.3 Å². The molecule has 0 saturated carbocycles. The van der Waals surface area contributed by atoms with Gasteiger partial charge < -0.3 is 19.9 Å². The molecule has 0 aliphatic carbocycles. The molecule has 150 valence electrons. The zero-order chi connectivity index (χ0) is 19.4. The lowest BCUT2D eigenvalue weighted by Gasteiger charge is -2.37. The Balaban J connectivity index is 1.29. The number of pyridine rings is 1. The summed E-state index contributed by atoms with van der Waals surface area (Å²) in [7, 11) is 1.86. The third-order valence-electron chi connectivity index (χ3n) is 4.87. The van der Waals surface area contributed by atoms with E-state index < -0.39 is 0 Å². The highest BCUT2D eigenvalue weighted by Gasteiger charge is 2.20. The minimum absolute atomic E-state index is 0.691. The molecule has 1 aromatic carbocycles. The van der Waals surface area contributed by atoms with E-state index in [0.29, 0.717) is 6.61 Å². The quantitative estimate of drug-likeness (QED) is 0.433. The van der Waals surface area contributed by atoms with Gasteiger partial charge in [-0.1, -0.05) is 36.4 Å². The van der Waals surface area contributed by atoms with Crippen molar-refractivity contribution in [2.24, 2.45) is 4.99 Å². The number of anilines is 1. The van der Waals surface area contributed by atoms with Crippen LogP contribution in [0.15, 0.2) is 59.7 Å². The van der Waals surface area contributed by atoms with Crippen molar-refractivity contribution in [3.8, 4) is 0 Å². The topological polar surface area (TPSA) is 53.0 Å². The minimum Gasteiger partial charge on any atom is -0.377 e. The van der Waals surface area contributed by atoms with Crippen LogP contribution in [-0.2, 0) is 11.3 Å². The summed E-state index contributed by atoms with van der Waals surface area (Å²) in [4.78, 5) is 13.5. The maximum Gasteiger partial charge on any atom is 0.193 e. The summed E-state index contributed by atoms with van der Waals surface area (Å²) in [5.41, 5.74) is 1.23. The van der Waals surface area contributed by atoms with E-state index in [1.54, 1.807) is 0 Å². The molecule has 0 bridgehead atoms. The summed E-state index contributed by atoms with van der Waals surface area (Å²) < 4.78 is 5.74. The maximum atomic E-state index is 5.74. The number of nitrogens with one attached hydrogen (secondary N) is 1. The maximum absolute atomic E-state index is 5.74. The van der Waals surface area contributed by atoms with Crippen LogP contribution in [0.25, 0.3) is 0 Å². The lowest BCUT2D eigenvalue weighted by atomic mass is 10.2. The Hall–Kier alpha value is -2.60. The van der Waals surface area contributed by atoms with Crippen LogP contribution in [-0.4, -0.2) is 62.2 Å². The molecule has 6 heteroatoms. The van der Waals surface area contributed by atoms with Crippen molar-refractivity contribution in [3.05, 3.63) is 60.3 Å². The normalized spacial score (nSPS) is 15.0. The van der Waals surface area contributed by atoms with Crippen molar-refractivity contribution in [1.82, 2.24) is 15.2 Å². The molecule has 3 rings (SSSR count). The molecule has 28 heavy (non-hydrogen) atoms. The van der Waals surface area contributed by atoms with Crippen LogP contribution in [0.1, 0.15) is 18.4 Å². The fraction of sp³-hybridized carbons (Fsp3) is 0.455. The van der Waals surface area contributed by atoms with Crippen LogP contribution in [0, 0.1) is 0 Å². The predicted octanol–water partition coefficient (Wildman–Crippen LogP) is 2.78. The van der Waals surface area contributed by atoms with Crippen molar-refractivity contribution in [1.29, 1.82) is 0 Å². The van der Waals surface area contributed by atoms with E-state index in [0.717, 1.165) is 63.9 Å². The van der Waals surface area contributed by atoms with Crippen molar-refractivity contribution >= 4 is 11.8 Å². The summed E-state index contributed by atoms with van der Waals surface area (Å²) >= 11 is 0. The van der Waals surface area contributed by atoms with E-state index in [4.69, 9.17) is 4.74 Å². The molecule has 1 aliphatic rings. The SMILES string of the molecule is CN=C(NCCCCOCc1ccccc1)N1CCN(c2ccccn2)CC1. The van der Waals surface area contributed by atoms with Gasteiger partial charge >= 0.3 is 0 Å². The van der Waals surface area contributed by atoms with Crippen LogP contribution >= 0.6 is 0 Å². The average Bonchev–Trinajstić information content (AvgIpc) is 2.77. The monoisotopic (exact) mass is 381 g/mol. The van der Waals surface area contributed by atoms with Gasteiger partial charge in [0.15, 0.2) is 5.96 Å². The Labute approximate surface area is 168 Å². The summed E-state index contributed by atoms with van der Waals surface area (Å²) in [6.45, 7) is 6.24. The van der Waals surface area contributed by atoms with Gasteiger partial charge in [-0.3, -0.25) is 4.99 Å². The van der Waals surface area contributed by atoms with Gasteiger partial charge in [-0.05, 0) is 30.5 Å². The standard InChI is InChI=1S/C22H31N5O/c1-23-22(25-13-7-8-18-28-19-20-9-3-2-4-10-20)27-16-14-26(15-17-27)21-11-5-6-12-24-21/h2-6,9-12H,7-8,13-19H2,1H3,(H,23,25). The number of aliphatic imine (C=N–C) groups is 1. The Kier molecular flexibility index (Phi) is 8.12. The van der Waals surface area contributed by atoms with Crippen LogP contribution in [0.2, 0.25) is 0 Å². The third-order valence-corrected chi connectivity index (χ3v) is 4.87. The first-order chi connectivity index (χ1) is 13.9. The van der Waals surface area contributed by atoms with Crippen molar-refractivity contribution in [3.63, 3.8) is 0 Å². The van der Waals surface area contributed by atoms with Crippen molar-refractivity contribution < 1.29 is 4.74 Å². The minimum atomic E-state index is 0.691. The molecular formula is C22H31N5O. The Morgan fingerprint density at radius 1 is 1.04 bits per heavy atom. The second-order valence-corrected chi connectivity index (χ2v) is 6.88. The first-order valence-corrected chi connectivity index (χ1v) is 10.1. The molecule has 0 unspecified atom stereocenters. The van der Waals surface area contributed by atoms with E-state index in [1.165, 1.54) is 5.56 Å². The fourth-order valence-electron chi connectivity index (χ4n) is 3.31. The van der Waals surface area contributed by atoms with Crippen molar-refractivity contribution in [2.45, 2.75) is 19.4 Å². The Morgan fingerprint density at radius 2 is 1.82 bits per heavy atom. The summed E-state index contributed by atoms with van der Waals surface area (Å²) in [6, 6.07) is 16.4. The lowest BCUT2D eigenvalue weighted by molar-refractivity contribution is 0.117. The van der Waals surface area contributed by atoms with E-state index in [-0.39, 0.29) is 0 Å². The molecule has 1 aliphatic heterocycles. The second kappa shape index (κ2) is 11.3. The molecule has 2 heterocycles. The van der Waals surface area contributed by atoms with Gasteiger partial charge in [0.25, 0.3) is 0 Å². The van der Waals surface area contributed by atoms with Crippen LogP contribution < -0.4 is 10.2 Å². The highest BCUT2D eigenvalue weighted by Crippen LogP contribution is 2.12. The van der Waals surface area contributed by atoms with Crippen LogP contribution in [0.4, 0.5) is 5.82 Å². The Bertz CT molecular complexity index is 699. The van der Waals surface area contributed by atoms with Gasteiger partial charge in [0.1, 0.15) is 5.82 Å². The number of aromatic nitrogens is 1. The highest BCUT2D eigenvalue weighted by atomic mass is 16.5. The largest absolute Gasteiger partial charge is 0.377 e. The van der Waals surface area contributed by atoms with Gasteiger partial charge in [0, 0.05) is 52.6 Å². The smallest absolute Gasteiger partial charge is 0.193 e. The molecular weight excluding hydrogens is 350 g/mol. The van der Waals surface area contributed by atoms with E-state index >= 15 is 0 Å². The van der Waals surface area contributed by atoms with E-state index in [1.807, 2.05) is 43.6 Å². The fourth-order valence-corrected chi connectivity index (χ4v) is 3.31. The molecule has 1 fully saturated rings. The molecule has 0 amide bonds. The first kappa shape index (κ1) is 20.1. The third kappa shape index (κ3) is 6.23. The van der Waals surface area contributed by atoms with Crippen LogP contribution in [0.5, 0.6) is 0 Å². The van der Waals surface area contributed by atoms with E-state index in [9.17, 15) is 0 Å². The Morgan fingerprint density at radius 3 is 2.54 bits per heavy atom. The van der Waals surface area contributed by atoms with E-state index in [2.05, 4.69) is 43.3 Å². The number of guanidine groups is 1. The average molecular weight is 382 g/mol. The molecule has 0 spiro atoms. The zero-order valence-electron chi connectivity index (χ0n) is 16.8. The number of hydrogen-bond donors (Lipinski definition) is 1. The number of unbranched alkanes of at least 4 members (excludes halogenated alkanes) is 1. The number of rotatable bonds is 8. The molecule has 2 aromatic rings. The van der Waals surface area contributed by atoms with Gasteiger partial charge in [-0.15, -0.1) is 0 Å². The highest BCUT2D eigenvalue weighted by molar-refractivity contribution is 5.80. The predicted molar refractivity (Wildman–Crippen MR) is 115 cm³/mol. The zero-order valence-corrected chi connectivity index (χ0v) is 16.8. The molecule has 1 N–H and O–H groups in total. The first-order valence-electron chi connectivity index (χ1n) is 10.1. The number of benzene rings is 1. The number of piperazine rings is 1. The van der Waals surface area contributed by atoms with Crippen LogP contribution in [0.3, 0.4) is 0 Å². The lowest BCUT2D eigenvalue weighted by Crippen LogP contribution is -2.52. The number of nitrogens with zero attached hydrogens (tertiary/aromatic N) is 4. The second-order valence-electron chi connectivity index (χ2n) is 6.88. The molecule has 1 aromatic heterocycles. The molecule has 0 atom stereocenters. The molecule has 0 radical (unpaired) electrons. The molecule has 6 nitrogen and oxygen atoms in total.